The minimum absolute atomic E-state index is 0.0351. The molecule has 1 N–H and O–H groups in total. The van der Waals surface area contributed by atoms with Crippen LogP contribution in [-0.2, 0) is 11.3 Å². The Balaban J connectivity index is 2.32. The number of anilines is 1. The fourth-order valence-corrected chi connectivity index (χ4v) is 2.49. The number of morpholine rings is 1. The van der Waals surface area contributed by atoms with Crippen molar-refractivity contribution in [3.8, 4) is 0 Å². The monoisotopic (exact) mass is 270 g/mol. The molecule has 1 heterocycles. The second-order valence-corrected chi connectivity index (χ2v) is 4.77. The Labute approximate surface area is 112 Å². The van der Waals surface area contributed by atoms with Crippen LogP contribution in [-0.4, -0.2) is 32.8 Å². The first-order valence-corrected chi connectivity index (χ1v) is 6.64. The lowest BCUT2D eigenvalue weighted by Crippen LogP contribution is -2.46. The molecule has 0 radical (unpaired) electrons. The molecule has 1 saturated heterocycles. The fraction of sp³-hybridized carbons (Fsp3) is 0.571. The summed E-state index contributed by atoms with van der Waals surface area (Å²) in [4.78, 5) is 1.79. The quantitative estimate of drug-likeness (QED) is 0.908. The van der Waals surface area contributed by atoms with Crippen molar-refractivity contribution in [2.45, 2.75) is 25.9 Å². The first-order chi connectivity index (χ1) is 9.17. The van der Waals surface area contributed by atoms with Crippen molar-refractivity contribution in [2.24, 2.45) is 0 Å². The molecule has 0 aromatic heterocycles. The minimum Gasteiger partial charge on any atom is -0.377 e. The van der Waals surface area contributed by atoms with E-state index in [0.717, 1.165) is 6.42 Å². The van der Waals surface area contributed by atoms with Crippen LogP contribution in [0.15, 0.2) is 12.1 Å². The largest absolute Gasteiger partial charge is 0.377 e. The van der Waals surface area contributed by atoms with E-state index in [0.29, 0.717) is 31.9 Å². The van der Waals surface area contributed by atoms with Gasteiger partial charge in [0.05, 0.1) is 19.3 Å². The molecule has 1 unspecified atom stereocenters. The molecule has 1 atom stereocenters. The summed E-state index contributed by atoms with van der Waals surface area (Å²) in [5, 5.41) is 2.89. The Hall–Kier alpha value is -1.20. The van der Waals surface area contributed by atoms with Crippen LogP contribution in [0, 0.1) is 11.6 Å². The van der Waals surface area contributed by atoms with Gasteiger partial charge < -0.3 is 15.0 Å². The third-order valence-electron chi connectivity index (χ3n) is 3.44. The molecule has 1 aliphatic rings. The lowest BCUT2D eigenvalue weighted by molar-refractivity contribution is 0.0922. The third kappa shape index (κ3) is 3.04. The Kier molecular flexibility index (Phi) is 4.71. The summed E-state index contributed by atoms with van der Waals surface area (Å²) >= 11 is 0. The van der Waals surface area contributed by atoms with Crippen molar-refractivity contribution in [3.05, 3.63) is 29.3 Å². The first kappa shape index (κ1) is 14.2. The van der Waals surface area contributed by atoms with Gasteiger partial charge in [0.25, 0.3) is 0 Å². The lowest BCUT2D eigenvalue weighted by atomic mass is 10.1. The van der Waals surface area contributed by atoms with E-state index >= 15 is 0 Å². The SMILES string of the molecule is CCC1COCCN1c1c(F)cc(CNC)cc1F. The summed E-state index contributed by atoms with van der Waals surface area (Å²) < 4.78 is 33.7. The van der Waals surface area contributed by atoms with Crippen molar-refractivity contribution in [3.63, 3.8) is 0 Å². The van der Waals surface area contributed by atoms with Crippen LogP contribution in [0.3, 0.4) is 0 Å². The van der Waals surface area contributed by atoms with E-state index < -0.39 is 11.6 Å². The number of rotatable bonds is 4. The van der Waals surface area contributed by atoms with Crippen molar-refractivity contribution in [1.82, 2.24) is 5.32 Å². The Morgan fingerprint density at radius 2 is 2.05 bits per heavy atom. The Morgan fingerprint density at radius 1 is 1.37 bits per heavy atom. The zero-order valence-corrected chi connectivity index (χ0v) is 11.4. The second-order valence-electron chi connectivity index (χ2n) is 4.77. The van der Waals surface area contributed by atoms with Crippen molar-refractivity contribution in [2.75, 3.05) is 31.7 Å². The fourth-order valence-electron chi connectivity index (χ4n) is 2.49. The third-order valence-corrected chi connectivity index (χ3v) is 3.44. The average Bonchev–Trinajstić information content (AvgIpc) is 2.39. The summed E-state index contributed by atoms with van der Waals surface area (Å²) in [6, 6.07) is 2.83. The van der Waals surface area contributed by atoms with Crippen LogP contribution in [0.1, 0.15) is 18.9 Å². The predicted molar refractivity (Wildman–Crippen MR) is 71.4 cm³/mol. The molecule has 106 valence electrons. The van der Waals surface area contributed by atoms with E-state index in [9.17, 15) is 8.78 Å². The molecule has 1 aliphatic heterocycles. The van der Waals surface area contributed by atoms with E-state index in [1.54, 1.807) is 11.9 Å². The van der Waals surface area contributed by atoms with E-state index in [4.69, 9.17) is 4.74 Å². The molecule has 1 aromatic carbocycles. The predicted octanol–water partition coefficient (Wildman–Crippen LogP) is 2.30. The average molecular weight is 270 g/mol. The van der Waals surface area contributed by atoms with E-state index in [1.165, 1.54) is 12.1 Å². The van der Waals surface area contributed by atoms with Gasteiger partial charge in [0.2, 0.25) is 0 Å². The van der Waals surface area contributed by atoms with Crippen molar-refractivity contribution in [1.29, 1.82) is 0 Å². The molecule has 1 aromatic rings. The van der Waals surface area contributed by atoms with Crippen LogP contribution < -0.4 is 10.2 Å². The molecular weight excluding hydrogens is 250 g/mol. The maximum Gasteiger partial charge on any atom is 0.149 e. The van der Waals surface area contributed by atoms with Gasteiger partial charge in [0.1, 0.15) is 17.3 Å². The lowest BCUT2D eigenvalue weighted by Gasteiger charge is -2.37. The summed E-state index contributed by atoms with van der Waals surface area (Å²) in [5.74, 6) is -0.990. The highest BCUT2D eigenvalue weighted by atomic mass is 19.1. The summed E-state index contributed by atoms with van der Waals surface area (Å²) in [6.45, 7) is 4.00. The van der Waals surface area contributed by atoms with Gasteiger partial charge in [0, 0.05) is 13.1 Å². The zero-order valence-electron chi connectivity index (χ0n) is 11.4. The van der Waals surface area contributed by atoms with Gasteiger partial charge in [-0.05, 0) is 31.2 Å². The maximum atomic E-state index is 14.2. The number of ether oxygens (including phenoxy) is 1. The minimum atomic E-state index is -0.495. The summed E-state index contributed by atoms with van der Waals surface area (Å²) in [7, 11) is 1.75. The molecule has 0 aliphatic carbocycles. The molecule has 0 spiro atoms. The molecule has 0 saturated carbocycles. The molecule has 5 heteroatoms. The summed E-state index contributed by atoms with van der Waals surface area (Å²) in [5.41, 5.74) is 0.692. The van der Waals surface area contributed by atoms with E-state index in [1.807, 2.05) is 6.92 Å². The molecule has 0 amide bonds. The van der Waals surface area contributed by atoms with Gasteiger partial charge in [-0.25, -0.2) is 8.78 Å². The first-order valence-electron chi connectivity index (χ1n) is 6.64. The van der Waals surface area contributed by atoms with E-state index in [-0.39, 0.29) is 11.7 Å². The standard InChI is InChI=1S/C14H20F2N2O/c1-3-11-9-19-5-4-18(11)14-12(15)6-10(8-17-2)7-13(14)16/h6-7,11,17H,3-5,8-9H2,1-2H3. The molecule has 19 heavy (non-hydrogen) atoms. The number of benzene rings is 1. The Bertz CT molecular complexity index is 416. The normalized spacial score (nSPS) is 19.8. The number of nitrogens with one attached hydrogen (secondary N) is 1. The van der Waals surface area contributed by atoms with Crippen LogP contribution >= 0.6 is 0 Å². The topological polar surface area (TPSA) is 24.5 Å². The van der Waals surface area contributed by atoms with Crippen LogP contribution in [0.5, 0.6) is 0 Å². The van der Waals surface area contributed by atoms with Crippen molar-refractivity contribution < 1.29 is 13.5 Å². The molecule has 1 fully saturated rings. The van der Waals surface area contributed by atoms with Gasteiger partial charge in [0.15, 0.2) is 0 Å². The zero-order chi connectivity index (χ0) is 13.8. The van der Waals surface area contributed by atoms with Crippen molar-refractivity contribution >= 4 is 5.69 Å². The smallest absolute Gasteiger partial charge is 0.149 e. The van der Waals surface area contributed by atoms with Crippen LogP contribution in [0.4, 0.5) is 14.5 Å². The van der Waals surface area contributed by atoms with Crippen LogP contribution in [0.25, 0.3) is 0 Å². The van der Waals surface area contributed by atoms with Gasteiger partial charge in [-0.3, -0.25) is 0 Å². The Morgan fingerprint density at radius 3 is 2.63 bits per heavy atom. The van der Waals surface area contributed by atoms with Gasteiger partial charge in [-0.2, -0.15) is 0 Å². The molecule has 3 nitrogen and oxygen atoms in total. The van der Waals surface area contributed by atoms with Gasteiger partial charge >= 0.3 is 0 Å². The number of hydrogen-bond donors (Lipinski definition) is 1. The molecule has 2 rings (SSSR count). The highest BCUT2D eigenvalue weighted by Gasteiger charge is 2.26. The second kappa shape index (κ2) is 6.30. The van der Waals surface area contributed by atoms with E-state index in [2.05, 4.69) is 5.32 Å². The van der Waals surface area contributed by atoms with Crippen LogP contribution in [0.2, 0.25) is 0 Å². The van der Waals surface area contributed by atoms with Gasteiger partial charge in [-0.1, -0.05) is 6.92 Å². The maximum absolute atomic E-state index is 14.2. The van der Waals surface area contributed by atoms with Gasteiger partial charge in [-0.15, -0.1) is 0 Å². The highest BCUT2D eigenvalue weighted by Crippen LogP contribution is 2.28. The summed E-state index contributed by atoms with van der Waals surface area (Å²) in [6.07, 6.45) is 0.803. The number of hydrogen-bond acceptors (Lipinski definition) is 3. The molecule has 0 bridgehead atoms. The number of halogens is 2. The number of nitrogens with zero attached hydrogens (tertiary/aromatic N) is 1. The molecular formula is C14H20F2N2O. The highest BCUT2D eigenvalue weighted by molar-refractivity contribution is 5.52.